The molecule has 0 amide bonds. The molecule has 0 atom stereocenters. The molecular formula is C11H19O8P. The number of rotatable bonds is 11. The number of phosphoric acid groups is 1. The van der Waals surface area contributed by atoms with Crippen LogP contribution in [0.15, 0.2) is 12.7 Å². The van der Waals surface area contributed by atoms with Crippen LogP contribution in [-0.4, -0.2) is 41.5 Å². The second-order valence-corrected chi connectivity index (χ2v) is 4.97. The number of unbranched alkanes of at least 4 members (excludes halogenated alkanes) is 2. The summed E-state index contributed by atoms with van der Waals surface area (Å²) in [5.41, 5.74) is 0. The van der Waals surface area contributed by atoms with Gasteiger partial charge < -0.3 is 19.3 Å². The number of hydrogen-bond acceptors (Lipinski definition) is 6. The lowest BCUT2D eigenvalue weighted by atomic mass is 10.2. The van der Waals surface area contributed by atoms with Crippen molar-refractivity contribution in [3.05, 3.63) is 12.7 Å². The van der Waals surface area contributed by atoms with E-state index >= 15 is 0 Å². The average Bonchev–Trinajstić information content (AvgIpc) is 2.37. The van der Waals surface area contributed by atoms with Crippen molar-refractivity contribution in [2.45, 2.75) is 25.7 Å². The van der Waals surface area contributed by atoms with Crippen LogP contribution in [0.1, 0.15) is 25.7 Å². The summed E-state index contributed by atoms with van der Waals surface area (Å²) in [5, 5.41) is 0. The zero-order chi connectivity index (χ0) is 15.4. The smallest absolute Gasteiger partial charge is 0.462 e. The summed E-state index contributed by atoms with van der Waals surface area (Å²) in [6.45, 7) is 3.12. The maximum Gasteiger partial charge on any atom is 0.469 e. The Morgan fingerprint density at radius 2 is 1.70 bits per heavy atom. The molecule has 0 saturated carbocycles. The quantitative estimate of drug-likeness (QED) is 0.250. The van der Waals surface area contributed by atoms with Gasteiger partial charge in [-0.1, -0.05) is 13.0 Å². The van der Waals surface area contributed by atoms with Crippen LogP contribution in [0, 0.1) is 0 Å². The highest BCUT2D eigenvalue weighted by Gasteiger charge is 2.12. The van der Waals surface area contributed by atoms with E-state index in [1.165, 1.54) is 0 Å². The van der Waals surface area contributed by atoms with Crippen molar-refractivity contribution in [2.75, 3.05) is 19.8 Å². The van der Waals surface area contributed by atoms with Crippen LogP contribution in [0.4, 0.5) is 0 Å². The second-order valence-electron chi connectivity index (χ2n) is 3.73. The molecule has 0 spiro atoms. The maximum atomic E-state index is 11.2. The Morgan fingerprint density at radius 3 is 2.30 bits per heavy atom. The number of phosphoric ester groups is 1. The first-order chi connectivity index (χ1) is 9.35. The molecule has 9 heteroatoms. The summed E-state index contributed by atoms with van der Waals surface area (Å²) in [6.07, 6.45) is 2.75. The summed E-state index contributed by atoms with van der Waals surface area (Å²) >= 11 is 0. The van der Waals surface area contributed by atoms with Gasteiger partial charge in [0.1, 0.15) is 13.2 Å². The van der Waals surface area contributed by atoms with Gasteiger partial charge in [0.05, 0.1) is 6.61 Å². The third-order valence-electron chi connectivity index (χ3n) is 2.04. The first-order valence-electron chi connectivity index (χ1n) is 6.00. The van der Waals surface area contributed by atoms with Gasteiger partial charge in [0.15, 0.2) is 0 Å². The van der Waals surface area contributed by atoms with Crippen LogP contribution in [0.2, 0.25) is 0 Å². The predicted octanol–water partition coefficient (Wildman–Crippen LogP) is 0.928. The largest absolute Gasteiger partial charge is 0.469 e. The molecule has 0 radical (unpaired) electrons. The molecule has 0 aromatic heterocycles. The Labute approximate surface area is 117 Å². The van der Waals surface area contributed by atoms with Crippen molar-refractivity contribution in [3.8, 4) is 0 Å². The Hall–Kier alpha value is -1.21. The van der Waals surface area contributed by atoms with Crippen LogP contribution < -0.4 is 0 Å². The highest BCUT2D eigenvalue weighted by atomic mass is 31.2. The van der Waals surface area contributed by atoms with Gasteiger partial charge in [-0.05, 0) is 12.8 Å². The minimum absolute atomic E-state index is 0.0142. The van der Waals surface area contributed by atoms with Crippen molar-refractivity contribution in [2.24, 2.45) is 0 Å². The highest BCUT2D eigenvalue weighted by Crippen LogP contribution is 2.35. The molecule has 0 fully saturated rings. The molecule has 8 nitrogen and oxygen atoms in total. The van der Waals surface area contributed by atoms with E-state index in [1.54, 1.807) is 0 Å². The molecule has 2 N–H and O–H groups in total. The van der Waals surface area contributed by atoms with Gasteiger partial charge in [0.25, 0.3) is 0 Å². The fourth-order valence-corrected chi connectivity index (χ4v) is 1.53. The molecule has 0 aliphatic carbocycles. The first kappa shape index (κ1) is 18.8. The molecule has 0 aromatic rings. The number of esters is 2. The third kappa shape index (κ3) is 13.2. The van der Waals surface area contributed by atoms with Gasteiger partial charge in [0.2, 0.25) is 0 Å². The Kier molecular flexibility index (Phi) is 9.92. The van der Waals surface area contributed by atoms with Gasteiger partial charge in [-0.2, -0.15) is 0 Å². The molecule has 0 aliphatic heterocycles. The summed E-state index contributed by atoms with van der Waals surface area (Å²) < 4.78 is 24.0. The molecule has 0 aliphatic rings. The van der Waals surface area contributed by atoms with Crippen molar-refractivity contribution in [3.63, 3.8) is 0 Å². The number of carbonyl (C=O) groups is 2. The van der Waals surface area contributed by atoms with Crippen LogP contribution in [0.25, 0.3) is 0 Å². The standard InChI is InChI=1S/C11H19O8P/c1-2-10(12)17-8-9-18-11(13)6-4-3-5-7-19-20(14,15)16/h2H,1,3-9H2,(H2,14,15,16). The Balaban J connectivity index is 3.39. The molecule has 0 bridgehead atoms. The molecule has 0 rings (SSSR count). The SMILES string of the molecule is C=CC(=O)OCCOC(=O)CCCCCOP(=O)(O)O. The lowest BCUT2D eigenvalue weighted by Gasteiger charge is -2.06. The molecule has 0 heterocycles. The summed E-state index contributed by atoms with van der Waals surface area (Å²) in [7, 11) is -4.40. The summed E-state index contributed by atoms with van der Waals surface area (Å²) in [4.78, 5) is 38.7. The van der Waals surface area contributed by atoms with E-state index in [0.29, 0.717) is 19.3 Å². The van der Waals surface area contributed by atoms with Crippen LogP contribution >= 0.6 is 7.82 Å². The van der Waals surface area contributed by atoms with Crippen molar-refractivity contribution in [1.29, 1.82) is 0 Å². The van der Waals surface area contributed by atoms with Gasteiger partial charge in [-0.15, -0.1) is 0 Å². The number of hydrogen-bond donors (Lipinski definition) is 2. The topological polar surface area (TPSA) is 119 Å². The zero-order valence-electron chi connectivity index (χ0n) is 11.0. The van der Waals surface area contributed by atoms with Crippen molar-refractivity contribution < 1.29 is 37.9 Å². The lowest BCUT2D eigenvalue weighted by Crippen LogP contribution is -2.12. The Bertz CT molecular complexity index is 361. The molecule has 20 heavy (non-hydrogen) atoms. The highest BCUT2D eigenvalue weighted by molar-refractivity contribution is 7.46. The van der Waals surface area contributed by atoms with Crippen LogP contribution in [0.3, 0.4) is 0 Å². The molecular weight excluding hydrogens is 291 g/mol. The molecule has 0 saturated heterocycles. The fraction of sp³-hybridized carbons (Fsp3) is 0.636. The minimum atomic E-state index is -4.40. The second kappa shape index (κ2) is 10.6. The average molecular weight is 310 g/mol. The summed E-state index contributed by atoms with van der Waals surface area (Å²) in [6, 6.07) is 0. The lowest BCUT2D eigenvalue weighted by molar-refractivity contribution is -0.149. The van der Waals surface area contributed by atoms with Crippen LogP contribution in [0.5, 0.6) is 0 Å². The van der Waals surface area contributed by atoms with Gasteiger partial charge in [-0.25, -0.2) is 9.36 Å². The number of ether oxygens (including phenoxy) is 2. The van der Waals surface area contributed by atoms with Gasteiger partial charge >= 0.3 is 19.8 Å². The van der Waals surface area contributed by atoms with Crippen molar-refractivity contribution >= 4 is 19.8 Å². The van der Waals surface area contributed by atoms with E-state index in [2.05, 4.69) is 15.8 Å². The first-order valence-corrected chi connectivity index (χ1v) is 7.53. The predicted molar refractivity (Wildman–Crippen MR) is 68.6 cm³/mol. The number of carbonyl (C=O) groups excluding carboxylic acids is 2. The molecule has 116 valence electrons. The minimum Gasteiger partial charge on any atom is -0.462 e. The van der Waals surface area contributed by atoms with E-state index in [0.717, 1.165) is 6.08 Å². The molecule has 0 unspecified atom stereocenters. The van der Waals surface area contributed by atoms with Crippen LogP contribution in [-0.2, 0) is 28.2 Å². The monoisotopic (exact) mass is 310 g/mol. The maximum absolute atomic E-state index is 11.2. The fourth-order valence-electron chi connectivity index (χ4n) is 1.16. The Morgan fingerprint density at radius 1 is 1.05 bits per heavy atom. The zero-order valence-corrected chi connectivity index (χ0v) is 11.9. The van der Waals surface area contributed by atoms with E-state index < -0.39 is 19.8 Å². The molecule has 0 aromatic carbocycles. The van der Waals surface area contributed by atoms with E-state index in [9.17, 15) is 14.2 Å². The van der Waals surface area contributed by atoms with Gasteiger partial charge in [0, 0.05) is 12.5 Å². The van der Waals surface area contributed by atoms with E-state index in [-0.39, 0.29) is 26.2 Å². The van der Waals surface area contributed by atoms with E-state index in [1.807, 2.05) is 0 Å². The summed E-state index contributed by atoms with van der Waals surface area (Å²) in [5.74, 6) is -0.998. The van der Waals surface area contributed by atoms with E-state index in [4.69, 9.17) is 14.5 Å². The van der Waals surface area contributed by atoms with Crippen molar-refractivity contribution in [1.82, 2.24) is 0 Å². The normalized spacial score (nSPS) is 10.9. The van der Waals surface area contributed by atoms with Gasteiger partial charge in [-0.3, -0.25) is 9.32 Å². The third-order valence-corrected chi connectivity index (χ3v) is 2.56.